The van der Waals surface area contributed by atoms with Gasteiger partial charge in [-0.1, -0.05) is 415 Å². The van der Waals surface area contributed by atoms with E-state index in [1.54, 1.807) is 24.0 Å². The largest absolute Gasteiger partial charge is 0.478 e. The van der Waals surface area contributed by atoms with Gasteiger partial charge in [0.05, 0.1) is 13.1 Å². The fourth-order valence-corrected chi connectivity index (χ4v) is 17.7. The molecule has 0 saturated heterocycles. The number of esters is 2. The predicted octanol–water partition coefficient (Wildman–Crippen LogP) is 32.9. The van der Waals surface area contributed by atoms with Gasteiger partial charge in [0.2, 0.25) is 11.8 Å². The number of carboxylic acid groups (broad SMARTS) is 1. The van der Waals surface area contributed by atoms with Gasteiger partial charge in [0, 0.05) is 57.6 Å². The molecule has 2 aliphatic rings. The minimum Gasteiger partial charge on any atom is -0.478 e. The van der Waals surface area contributed by atoms with Crippen molar-refractivity contribution in [3.05, 3.63) is 117 Å². The Kier molecular flexibility index (Phi) is 84.1. The van der Waals surface area contributed by atoms with Crippen LogP contribution in [0.15, 0.2) is 117 Å². The first-order chi connectivity index (χ1) is 66.7. The van der Waals surface area contributed by atoms with Gasteiger partial charge in [0.15, 0.2) is 17.3 Å². The van der Waals surface area contributed by atoms with Gasteiger partial charge in [-0.25, -0.2) is 4.79 Å². The maximum Gasteiger partial charge on any atom is 0.471 e. The highest BCUT2D eigenvalue weighted by atomic mass is 19.4. The summed E-state index contributed by atoms with van der Waals surface area (Å²) in [7, 11) is 0. The standard InChI is InChI=1S/C59H101NO6.C40H73F3N2O6.C20H28O2/c1-8-10-12-14-16-18-20-22-24-26-31-40-55(62)49-65-50-60(46-47-66-58(64)42-33-27-25-23-21-19-17-15-13-11-9-2)57(63)41-32-29-28-30-39-54(61)48-52(4)37-34-36-51(3)43-44-56-53(5)38-35-45-59(56,6)7;1-3-5-7-9-11-13-15-17-19-21-24-28-36(46)34-50-35-45(37(47)29-25-23-27-31-44-39(49)40(41,42)43)32-33-51-38(48)30-26-22-20-18-16-14-12-10-8-6-4-2;1-15(8-6-9-16(2)14-19(21)22)11-12-18-17(3)10-7-13-20(18,4)5/h34,36-37,43-44,48H,8-33,35,38-42,45-47,49-50H2,1-7H3;3-35H2,1-2H3,(H,44,49);6,8-9,11-12,14H,7,10,13H2,1-5H3,(H,21,22)/b37-34+,44-43+,51-36+,52-48+;;9-6+,12-11+,15-8+,16-14+. The fraction of sp³-hybridized carbons (Fsp3) is 0.756. The van der Waals surface area contributed by atoms with Crippen LogP contribution in [0.1, 0.15) is 508 Å². The zero-order valence-electron chi connectivity index (χ0n) is 90.8. The lowest BCUT2D eigenvalue weighted by atomic mass is 9.72. The van der Waals surface area contributed by atoms with Crippen molar-refractivity contribution in [2.45, 2.75) is 514 Å². The van der Waals surface area contributed by atoms with Gasteiger partial charge in [0.1, 0.15) is 39.9 Å². The number of rotatable bonds is 85. The lowest BCUT2D eigenvalue weighted by molar-refractivity contribution is -0.173. The Hall–Kier alpha value is -7.06. The summed E-state index contributed by atoms with van der Waals surface area (Å²) in [4.78, 5) is 113. The van der Waals surface area contributed by atoms with Gasteiger partial charge in [-0.2, -0.15) is 13.2 Å². The van der Waals surface area contributed by atoms with Crippen molar-refractivity contribution in [2.24, 2.45) is 10.8 Å². The molecular formula is C119H202F3N3O14. The monoisotopic (exact) mass is 1950 g/mol. The van der Waals surface area contributed by atoms with Crippen molar-refractivity contribution in [2.75, 3.05) is 59.5 Å². The second-order valence-electron chi connectivity index (χ2n) is 41.1. The molecule has 0 aromatic heterocycles. The van der Waals surface area contributed by atoms with E-state index in [-0.39, 0.29) is 118 Å². The van der Waals surface area contributed by atoms with E-state index in [0.29, 0.717) is 64.2 Å². The van der Waals surface area contributed by atoms with E-state index in [2.05, 4.69) is 113 Å². The molecule has 2 N–H and O–H groups in total. The normalized spacial score (nSPS) is 14.3. The molecule has 0 fully saturated rings. The van der Waals surface area contributed by atoms with Crippen LogP contribution < -0.4 is 5.32 Å². The Bertz CT molecular complexity index is 3520. The number of Topliss-reactive ketones (excluding diaryl/α,β-unsaturated/α-hetero) is 2. The Morgan fingerprint density at radius 3 is 0.971 bits per heavy atom. The Morgan fingerprint density at radius 2 is 0.662 bits per heavy atom. The molecule has 0 atom stereocenters. The number of hydrogen-bond acceptors (Lipinski definition) is 13. The highest BCUT2D eigenvalue weighted by Crippen LogP contribution is 2.42. The minimum absolute atomic E-state index is 0.00991. The number of hydrogen-bond donors (Lipinski definition) is 2. The maximum absolute atomic E-state index is 13.3. The molecule has 2 rings (SSSR count). The van der Waals surface area contributed by atoms with Crippen molar-refractivity contribution < 1.29 is 80.4 Å². The quantitative estimate of drug-likeness (QED) is 0.0190. The smallest absolute Gasteiger partial charge is 0.471 e. The number of nitrogens with zero attached hydrogens (tertiary/aromatic N) is 2. The van der Waals surface area contributed by atoms with Gasteiger partial charge in [-0.05, 0) is 171 Å². The molecule has 0 aromatic rings. The number of aliphatic carboxylic acids is 1. The predicted molar refractivity (Wildman–Crippen MR) is 571 cm³/mol. The molecule has 0 heterocycles. The summed E-state index contributed by atoms with van der Waals surface area (Å²) in [5, 5.41) is 10.5. The van der Waals surface area contributed by atoms with Crippen molar-refractivity contribution in [3.8, 4) is 0 Å². The number of carbonyl (C=O) groups is 9. The van der Waals surface area contributed by atoms with Crippen LogP contribution in [-0.4, -0.2) is 134 Å². The molecule has 0 aromatic carbocycles. The Balaban J connectivity index is 0.00000229. The number of alkyl halides is 3. The number of carbonyl (C=O) groups excluding carboxylic acids is 8. The number of carboxylic acids is 1. The molecule has 2 aliphatic carbocycles. The van der Waals surface area contributed by atoms with E-state index in [9.17, 15) is 56.3 Å². The highest BCUT2D eigenvalue weighted by Gasteiger charge is 2.38. The summed E-state index contributed by atoms with van der Waals surface area (Å²) < 4.78 is 59.3. The number of amides is 3. The second-order valence-corrected chi connectivity index (χ2v) is 41.1. The summed E-state index contributed by atoms with van der Waals surface area (Å²) in [6.45, 7) is 30.8. The number of unbranched alkanes of at least 4 members (excludes halogenated alkanes) is 45. The van der Waals surface area contributed by atoms with Gasteiger partial charge >= 0.3 is 30.0 Å². The fourth-order valence-electron chi connectivity index (χ4n) is 17.7. The molecule has 20 heteroatoms. The van der Waals surface area contributed by atoms with Crippen molar-refractivity contribution in [3.63, 3.8) is 0 Å². The van der Waals surface area contributed by atoms with Crippen LogP contribution in [-0.2, 0) is 62.1 Å². The van der Waals surface area contributed by atoms with Crippen LogP contribution in [0.4, 0.5) is 13.2 Å². The summed E-state index contributed by atoms with van der Waals surface area (Å²) in [6, 6.07) is 0. The molecule has 0 saturated carbocycles. The van der Waals surface area contributed by atoms with Gasteiger partial charge in [-0.3, -0.25) is 38.4 Å². The molecular weight excluding hydrogens is 1750 g/mol. The number of halogens is 3. The topological polar surface area (TPSA) is 229 Å². The maximum atomic E-state index is 13.3. The molecule has 0 bridgehead atoms. The van der Waals surface area contributed by atoms with Crippen molar-refractivity contribution in [1.29, 1.82) is 0 Å². The lowest BCUT2D eigenvalue weighted by Gasteiger charge is -2.33. The van der Waals surface area contributed by atoms with Crippen LogP contribution in [0, 0.1) is 10.8 Å². The minimum atomic E-state index is -4.92. The number of ketones is 3. The third kappa shape index (κ3) is 80.0. The van der Waals surface area contributed by atoms with Crippen LogP contribution >= 0.6 is 0 Å². The molecule has 798 valence electrons. The third-order valence-electron chi connectivity index (χ3n) is 26.5. The van der Waals surface area contributed by atoms with E-state index in [4.69, 9.17) is 24.1 Å². The molecule has 3 amide bonds. The first-order valence-corrected chi connectivity index (χ1v) is 55.7. The lowest BCUT2D eigenvalue weighted by Crippen LogP contribution is -2.37. The van der Waals surface area contributed by atoms with E-state index >= 15 is 0 Å². The Labute approximate surface area is 845 Å². The van der Waals surface area contributed by atoms with E-state index in [1.807, 2.05) is 36.5 Å². The van der Waals surface area contributed by atoms with E-state index in [0.717, 1.165) is 107 Å². The first kappa shape index (κ1) is 132. The average Bonchev–Trinajstić information content (AvgIpc) is 0.824. The van der Waals surface area contributed by atoms with Crippen LogP contribution in [0.2, 0.25) is 0 Å². The summed E-state index contributed by atoms with van der Waals surface area (Å²) in [5.41, 5.74) is 10.4. The Morgan fingerprint density at radius 1 is 0.374 bits per heavy atom. The summed E-state index contributed by atoms with van der Waals surface area (Å²) >= 11 is 0. The van der Waals surface area contributed by atoms with Crippen molar-refractivity contribution in [1.82, 2.24) is 15.1 Å². The molecule has 139 heavy (non-hydrogen) atoms. The van der Waals surface area contributed by atoms with E-state index in [1.165, 1.54) is 289 Å². The van der Waals surface area contributed by atoms with Crippen molar-refractivity contribution >= 4 is 53.0 Å². The van der Waals surface area contributed by atoms with E-state index < -0.39 is 18.1 Å². The van der Waals surface area contributed by atoms with Crippen LogP contribution in [0.25, 0.3) is 0 Å². The number of nitrogens with one attached hydrogen (secondary N) is 1. The van der Waals surface area contributed by atoms with Gasteiger partial charge in [-0.15, -0.1) is 0 Å². The van der Waals surface area contributed by atoms with Gasteiger partial charge in [0.25, 0.3) is 0 Å². The molecule has 0 radical (unpaired) electrons. The zero-order valence-corrected chi connectivity index (χ0v) is 90.8. The number of allylic oxidation sites excluding steroid dienone is 19. The highest BCUT2D eigenvalue weighted by molar-refractivity contribution is 5.90. The SMILES string of the molecule is CC1=C(/C=C/C(C)=C/C=C/C(C)=C/C(=O)O)C(C)(C)CCC1.CCCCCCCCCCCCCC(=O)COCN(CCOC(=O)CCCCCCCCCCCCC)C(=O)CCCCCCC(=O)/C=C(C)/C=C/C=C(C)/C=C/C1=C(C)CCCC1(C)C.CCCCCCCCCCCCCC(=O)COCN(CCOC(=O)CCCCCCCCCCCCC)C(=O)CCCCCNC(=O)C(F)(F)F. The third-order valence-corrected chi connectivity index (χ3v) is 26.5. The molecule has 0 unspecified atom stereocenters. The molecule has 0 spiro atoms. The van der Waals surface area contributed by atoms with Gasteiger partial charge < -0.3 is 39.2 Å². The second kappa shape index (κ2) is 88.6. The van der Waals surface area contributed by atoms with Crippen LogP contribution in [0.3, 0.4) is 0 Å². The molecule has 0 aliphatic heterocycles. The first-order valence-electron chi connectivity index (χ1n) is 55.7. The molecule has 17 nitrogen and oxygen atoms in total. The zero-order chi connectivity index (χ0) is 103. The summed E-state index contributed by atoms with van der Waals surface area (Å²) in [6.07, 6.45) is 86.5. The summed E-state index contributed by atoms with van der Waals surface area (Å²) in [5.74, 6) is -3.57. The average molecular weight is 1960 g/mol. The number of ether oxygens (including phenoxy) is 4. The van der Waals surface area contributed by atoms with Crippen LogP contribution in [0.5, 0.6) is 0 Å².